The van der Waals surface area contributed by atoms with Crippen LogP contribution < -0.4 is 5.32 Å². The zero-order valence-electron chi connectivity index (χ0n) is 11.2. The Kier molecular flexibility index (Phi) is 5.64. The first-order valence-corrected chi connectivity index (χ1v) is 7.96. The predicted molar refractivity (Wildman–Crippen MR) is 77.8 cm³/mol. The second-order valence-electron chi connectivity index (χ2n) is 5.01. The summed E-state index contributed by atoms with van der Waals surface area (Å²) in [6.45, 7) is 2.88. The Hall–Kier alpha value is -0.610. The van der Waals surface area contributed by atoms with E-state index < -0.39 is 6.43 Å². The maximum absolute atomic E-state index is 12.6. The molecule has 1 nitrogen and oxygen atoms in total. The van der Waals surface area contributed by atoms with E-state index in [-0.39, 0.29) is 5.56 Å². The van der Waals surface area contributed by atoms with E-state index in [1.54, 1.807) is 12.1 Å². The van der Waals surface area contributed by atoms with E-state index in [1.165, 1.54) is 31.1 Å². The third-order valence-electron chi connectivity index (χ3n) is 3.58. The SMILES string of the molecule is CCSC1CCC(NCc2cccc(C(F)F)c2)C1. The van der Waals surface area contributed by atoms with Crippen LogP contribution >= 0.6 is 11.8 Å². The van der Waals surface area contributed by atoms with Crippen LogP contribution in [-0.2, 0) is 6.54 Å². The molecule has 0 aromatic heterocycles. The van der Waals surface area contributed by atoms with Crippen molar-refractivity contribution in [1.29, 1.82) is 0 Å². The van der Waals surface area contributed by atoms with Crippen molar-refractivity contribution in [2.24, 2.45) is 0 Å². The Balaban J connectivity index is 1.81. The highest BCUT2D eigenvalue weighted by molar-refractivity contribution is 7.99. The topological polar surface area (TPSA) is 12.0 Å². The average Bonchev–Trinajstić information content (AvgIpc) is 2.85. The first-order chi connectivity index (χ1) is 9.19. The van der Waals surface area contributed by atoms with Gasteiger partial charge in [0.25, 0.3) is 6.43 Å². The average molecular weight is 285 g/mol. The van der Waals surface area contributed by atoms with Gasteiger partial charge in [0.1, 0.15) is 0 Å². The van der Waals surface area contributed by atoms with Gasteiger partial charge in [0.2, 0.25) is 0 Å². The van der Waals surface area contributed by atoms with Gasteiger partial charge in [-0.2, -0.15) is 11.8 Å². The molecule has 0 spiro atoms. The lowest BCUT2D eigenvalue weighted by molar-refractivity contribution is 0.151. The number of halogens is 2. The number of benzene rings is 1. The molecule has 0 bridgehead atoms. The van der Waals surface area contributed by atoms with Gasteiger partial charge in [-0.3, -0.25) is 0 Å². The van der Waals surface area contributed by atoms with E-state index in [0.717, 1.165) is 10.8 Å². The van der Waals surface area contributed by atoms with Crippen molar-refractivity contribution in [3.8, 4) is 0 Å². The third-order valence-corrected chi connectivity index (χ3v) is 4.82. The fourth-order valence-electron chi connectivity index (χ4n) is 2.61. The van der Waals surface area contributed by atoms with Gasteiger partial charge in [0.05, 0.1) is 0 Å². The monoisotopic (exact) mass is 285 g/mol. The molecule has 19 heavy (non-hydrogen) atoms. The van der Waals surface area contributed by atoms with Gasteiger partial charge < -0.3 is 5.32 Å². The molecule has 1 aliphatic carbocycles. The lowest BCUT2D eigenvalue weighted by Gasteiger charge is -2.13. The summed E-state index contributed by atoms with van der Waals surface area (Å²) in [7, 11) is 0. The smallest absolute Gasteiger partial charge is 0.263 e. The number of hydrogen-bond acceptors (Lipinski definition) is 2. The predicted octanol–water partition coefficient (Wildman–Crippen LogP) is 4.39. The molecule has 2 atom stereocenters. The second-order valence-corrected chi connectivity index (χ2v) is 6.59. The fraction of sp³-hybridized carbons (Fsp3) is 0.600. The summed E-state index contributed by atoms with van der Waals surface area (Å²) >= 11 is 2.03. The van der Waals surface area contributed by atoms with Crippen LogP contribution in [0.25, 0.3) is 0 Å². The van der Waals surface area contributed by atoms with E-state index in [9.17, 15) is 8.78 Å². The Labute approximate surface area is 118 Å². The van der Waals surface area contributed by atoms with E-state index in [4.69, 9.17) is 0 Å². The van der Waals surface area contributed by atoms with Gasteiger partial charge >= 0.3 is 0 Å². The highest BCUT2D eigenvalue weighted by Gasteiger charge is 2.23. The summed E-state index contributed by atoms with van der Waals surface area (Å²) in [5.41, 5.74) is 1.06. The molecule has 1 aliphatic rings. The molecule has 106 valence electrons. The molecule has 2 rings (SSSR count). The summed E-state index contributed by atoms with van der Waals surface area (Å²) in [6, 6.07) is 7.25. The van der Waals surface area contributed by atoms with Crippen molar-refractivity contribution in [2.75, 3.05) is 5.75 Å². The van der Waals surface area contributed by atoms with Crippen molar-refractivity contribution in [3.05, 3.63) is 35.4 Å². The second kappa shape index (κ2) is 7.25. The Bertz CT molecular complexity index is 397. The van der Waals surface area contributed by atoms with Gasteiger partial charge in [0, 0.05) is 23.4 Å². The van der Waals surface area contributed by atoms with Crippen LogP contribution in [0.4, 0.5) is 8.78 Å². The van der Waals surface area contributed by atoms with Crippen LogP contribution in [0, 0.1) is 0 Å². The molecule has 0 aliphatic heterocycles. The lowest BCUT2D eigenvalue weighted by Crippen LogP contribution is -2.26. The van der Waals surface area contributed by atoms with Gasteiger partial charge in [-0.1, -0.05) is 25.1 Å². The molecule has 0 radical (unpaired) electrons. The molecule has 2 unspecified atom stereocenters. The standard InChI is InChI=1S/C15H21F2NS/c1-2-19-14-7-6-13(9-14)18-10-11-4-3-5-12(8-11)15(16)17/h3-5,8,13-15,18H,2,6-7,9-10H2,1H3. The number of nitrogens with one attached hydrogen (secondary N) is 1. The van der Waals surface area contributed by atoms with E-state index in [1.807, 2.05) is 17.8 Å². The molecule has 0 saturated heterocycles. The minimum Gasteiger partial charge on any atom is -0.310 e. The van der Waals surface area contributed by atoms with Gasteiger partial charge in [-0.15, -0.1) is 0 Å². The number of alkyl halides is 2. The molecule has 1 fully saturated rings. The van der Waals surface area contributed by atoms with Crippen LogP contribution in [-0.4, -0.2) is 17.0 Å². The summed E-state index contributed by atoms with van der Waals surface area (Å²) in [5, 5.41) is 4.27. The highest BCUT2D eigenvalue weighted by Crippen LogP contribution is 2.29. The first kappa shape index (κ1) is 14.8. The first-order valence-electron chi connectivity index (χ1n) is 6.91. The largest absolute Gasteiger partial charge is 0.310 e. The van der Waals surface area contributed by atoms with Crippen LogP contribution in [0.1, 0.15) is 43.7 Å². The quantitative estimate of drug-likeness (QED) is 0.832. The van der Waals surface area contributed by atoms with Gasteiger partial charge in [-0.05, 0) is 36.6 Å². The summed E-state index contributed by atoms with van der Waals surface area (Å²) in [4.78, 5) is 0. The summed E-state index contributed by atoms with van der Waals surface area (Å²) in [5.74, 6) is 1.17. The minimum atomic E-state index is -2.38. The fourth-order valence-corrected chi connectivity index (χ4v) is 3.76. The number of rotatable bonds is 6. The molecule has 1 aromatic rings. The van der Waals surface area contributed by atoms with Crippen LogP contribution in [0.15, 0.2) is 24.3 Å². The van der Waals surface area contributed by atoms with Crippen LogP contribution in [0.2, 0.25) is 0 Å². The van der Waals surface area contributed by atoms with E-state index in [2.05, 4.69) is 12.2 Å². The van der Waals surface area contributed by atoms with Gasteiger partial charge in [0.15, 0.2) is 0 Å². The maximum atomic E-state index is 12.6. The third kappa shape index (κ3) is 4.46. The van der Waals surface area contributed by atoms with Crippen molar-refractivity contribution in [1.82, 2.24) is 5.32 Å². The zero-order valence-corrected chi connectivity index (χ0v) is 12.1. The Morgan fingerprint density at radius 1 is 1.37 bits per heavy atom. The Morgan fingerprint density at radius 3 is 2.95 bits per heavy atom. The highest BCUT2D eigenvalue weighted by atomic mass is 32.2. The minimum absolute atomic E-state index is 0.116. The summed E-state index contributed by atoms with van der Waals surface area (Å²) in [6.07, 6.45) is 1.30. The maximum Gasteiger partial charge on any atom is 0.263 e. The summed E-state index contributed by atoms with van der Waals surface area (Å²) < 4.78 is 25.2. The molecule has 1 aromatic carbocycles. The molecule has 0 amide bonds. The molecule has 4 heteroatoms. The number of hydrogen-bond donors (Lipinski definition) is 1. The van der Waals surface area contributed by atoms with Crippen LogP contribution in [0.3, 0.4) is 0 Å². The van der Waals surface area contributed by atoms with E-state index in [0.29, 0.717) is 12.6 Å². The molecule has 1 N–H and O–H groups in total. The Morgan fingerprint density at radius 2 is 2.21 bits per heavy atom. The van der Waals surface area contributed by atoms with Crippen LogP contribution in [0.5, 0.6) is 0 Å². The van der Waals surface area contributed by atoms with E-state index >= 15 is 0 Å². The number of thioether (sulfide) groups is 1. The molecule has 0 heterocycles. The zero-order chi connectivity index (χ0) is 13.7. The van der Waals surface area contributed by atoms with Gasteiger partial charge in [-0.25, -0.2) is 8.78 Å². The van der Waals surface area contributed by atoms with Crippen molar-refractivity contribution < 1.29 is 8.78 Å². The van der Waals surface area contributed by atoms with Crippen molar-refractivity contribution in [2.45, 2.75) is 50.4 Å². The normalized spacial score (nSPS) is 23.2. The molecular formula is C15H21F2NS. The van der Waals surface area contributed by atoms with Crippen molar-refractivity contribution in [3.63, 3.8) is 0 Å². The van der Waals surface area contributed by atoms with Crippen molar-refractivity contribution >= 4 is 11.8 Å². The lowest BCUT2D eigenvalue weighted by atomic mass is 10.1. The molecule has 1 saturated carbocycles. The molecular weight excluding hydrogens is 264 g/mol.